The van der Waals surface area contributed by atoms with Gasteiger partial charge in [0, 0.05) is 44.1 Å². The standard InChI is InChI=1S/C57H66N2O21/c1-28-34(76-52(71)44(66)41(31-16-10-7-11-17-31)59-50(69)32-18-12-8-13-19-32)25-57(73)49(79-51(70)33-20-14-9-15-21-33)47-55(6,48(68)46(75-29(2)61)40(28)54(57,4)5)36(24-37-56(47,27-74-37)80-30(3)62)78-39(64)23-22-38(63)58-42-43(65)35(26-60)77-53(72)45(42)67/h7-21,34-37,41-47,49,53,60,65-67,72-73H,22-27H2,1-6H3,(H,58,63)(H,59,69)/t34-,35+,36-,37+,41-,42-,43+,44+,45+,46+,47?,49-,53?,55+,56-,57+/m0/s1. The third-order valence-electron chi connectivity index (χ3n) is 16.5. The van der Waals surface area contributed by atoms with Crippen molar-refractivity contribution in [2.24, 2.45) is 16.7 Å². The van der Waals surface area contributed by atoms with Gasteiger partial charge in [-0.25, -0.2) is 9.59 Å². The maximum atomic E-state index is 16.3. The summed E-state index contributed by atoms with van der Waals surface area (Å²) >= 11 is 0. The number of fused-ring (bicyclic) bond motifs is 5. The third-order valence-corrected chi connectivity index (χ3v) is 16.5. The third kappa shape index (κ3) is 10.9. The maximum Gasteiger partial charge on any atom is 0.338 e. The Hall–Kier alpha value is -6.96. The van der Waals surface area contributed by atoms with E-state index in [2.05, 4.69) is 10.6 Å². The van der Waals surface area contributed by atoms with E-state index < -0.39 is 188 Å². The summed E-state index contributed by atoms with van der Waals surface area (Å²) in [6.07, 6.45) is -20.1. The van der Waals surface area contributed by atoms with Crippen molar-refractivity contribution in [1.29, 1.82) is 0 Å². The molecule has 23 nitrogen and oxygen atoms in total. The molecule has 2 heterocycles. The summed E-state index contributed by atoms with van der Waals surface area (Å²) in [6.45, 7) is 6.57. The highest BCUT2D eigenvalue weighted by atomic mass is 16.6. The summed E-state index contributed by atoms with van der Waals surface area (Å²) in [4.78, 5) is 114. The van der Waals surface area contributed by atoms with Crippen LogP contribution in [0.15, 0.2) is 102 Å². The molecule has 0 aromatic heterocycles. The number of ether oxygens (including phenoxy) is 7. The van der Waals surface area contributed by atoms with Gasteiger partial charge in [-0.1, -0.05) is 80.6 Å². The van der Waals surface area contributed by atoms with E-state index in [9.17, 15) is 64.2 Å². The zero-order valence-electron chi connectivity index (χ0n) is 44.7. The predicted octanol–water partition coefficient (Wildman–Crippen LogP) is 0.983. The average Bonchev–Trinajstić information content (AvgIpc) is 3.62. The molecular formula is C57H66N2O21. The molecule has 2 saturated heterocycles. The first kappa shape index (κ1) is 59.2. The van der Waals surface area contributed by atoms with Crippen LogP contribution < -0.4 is 10.6 Å². The number of carbonyl (C=O) groups excluding carboxylic acids is 8. The molecule has 2 unspecified atom stereocenters. The number of esters is 5. The largest absolute Gasteiger partial charge is 0.461 e. The van der Waals surface area contributed by atoms with Crippen LogP contribution in [0.5, 0.6) is 0 Å². The molecule has 2 amide bonds. The molecule has 4 fully saturated rings. The van der Waals surface area contributed by atoms with Crippen molar-refractivity contribution in [1.82, 2.24) is 10.6 Å². The van der Waals surface area contributed by atoms with Crippen LogP contribution in [-0.4, -0.2) is 170 Å². The molecule has 16 atom stereocenters. The number of benzene rings is 3. The highest BCUT2D eigenvalue weighted by molar-refractivity contribution is 5.97. The van der Waals surface area contributed by atoms with Crippen LogP contribution >= 0.6 is 0 Å². The molecule has 2 aliphatic heterocycles. The SMILES string of the molecule is CC(=O)O[C@H]1C(=O)[C@@]2(C)C([C@H](OC(=O)c3ccccc3)[C@]3(O)C[C@H](OC(=O)[C@H](O)[C@@H](NC(=O)c4ccccc4)c4ccccc4)C(C)=C1C3(C)C)[C@]1(OC(C)=O)CO[C@@H]1C[C@@H]2OC(=O)CCC(=O)N[C@H]1[C@H](O)[C@@H](CO)OC(O)[C@@H]1O. The minimum Gasteiger partial charge on any atom is -0.461 e. The smallest absolute Gasteiger partial charge is 0.338 e. The first-order chi connectivity index (χ1) is 37.8. The molecule has 0 radical (unpaired) electrons. The number of aliphatic hydroxyl groups is 6. The highest BCUT2D eigenvalue weighted by Crippen LogP contribution is 2.65. The highest BCUT2D eigenvalue weighted by Gasteiger charge is 2.79. The van der Waals surface area contributed by atoms with Gasteiger partial charge < -0.3 is 74.4 Å². The topological polar surface area (TPSA) is 347 Å². The van der Waals surface area contributed by atoms with Crippen LogP contribution in [0.25, 0.3) is 0 Å². The number of hydrogen-bond donors (Lipinski definition) is 8. The van der Waals surface area contributed by atoms with E-state index in [4.69, 9.17) is 33.2 Å². The Morgan fingerprint density at radius 3 is 1.98 bits per heavy atom. The van der Waals surface area contributed by atoms with E-state index in [1.165, 1.54) is 64.1 Å². The van der Waals surface area contributed by atoms with E-state index in [0.29, 0.717) is 5.56 Å². The Morgan fingerprint density at radius 1 is 0.787 bits per heavy atom. The van der Waals surface area contributed by atoms with Crippen molar-refractivity contribution >= 4 is 47.4 Å². The zero-order valence-corrected chi connectivity index (χ0v) is 44.7. The summed E-state index contributed by atoms with van der Waals surface area (Å²) in [5.41, 5.74) is -8.38. The lowest BCUT2D eigenvalue weighted by Crippen LogP contribution is -2.82. The predicted molar refractivity (Wildman–Crippen MR) is 273 cm³/mol. The molecular weight excluding hydrogens is 1050 g/mol. The molecule has 2 saturated carbocycles. The molecule has 3 aliphatic carbocycles. The van der Waals surface area contributed by atoms with Crippen LogP contribution in [0, 0.1) is 16.7 Å². The fourth-order valence-electron chi connectivity index (χ4n) is 12.3. The van der Waals surface area contributed by atoms with Crippen molar-refractivity contribution in [2.45, 2.75) is 152 Å². The van der Waals surface area contributed by atoms with E-state index >= 15 is 4.79 Å². The molecule has 0 spiro atoms. The summed E-state index contributed by atoms with van der Waals surface area (Å²) in [7, 11) is 0. The number of amides is 2. The van der Waals surface area contributed by atoms with E-state index in [1.807, 2.05) is 0 Å². The monoisotopic (exact) mass is 1110 g/mol. The second-order valence-electron chi connectivity index (χ2n) is 21.6. The lowest BCUT2D eigenvalue weighted by molar-refractivity contribution is -0.346. The van der Waals surface area contributed by atoms with E-state index in [1.54, 1.807) is 54.6 Å². The molecule has 8 N–H and O–H groups in total. The van der Waals surface area contributed by atoms with Gasteiger partial charge in [-0.2, -0.15) is 0 Å². The lowest BCUT2D eigenvalue weighted by atomic mass is 9.44. The minimum absolute atomic E-state index is 0.0395. The quantitative estimate of drug-likeness (QED) is 0.0563. The first-order valence-corrected chi connectivity index (χ1v) is 26.1. The second kappa shape index (κ2) is 23.3. The van der Waals surface area contributed by atoms with Gasteiger partial charge in [-0.15, -0.1) is 0 Å². The number of aliphatic hydroxyl groups excluding tert-OH is 5. The number of ketones is 1. The van der Waals surface area contributed by atoms with Gasteiger partial charge in [-0.05, 0) is 54.8 Å². The first-order valence-electron chi connectivity index (χ1n) is 26.1. The molecule has 3 aromatic rings. The van der Waals surface area contributed by atoms with Crippen LogP contribution in [-0.2, 0) is 61.9 Å². The fourth-order valence-corrected chi connectivity index (χ4v) is 12.3. The van der Waals surface area contributed by atoms with Crippen LogP contribution in [0.2, 0.25) is 0 Å². The maximum absolute atomic E-state index is 16.3. The van der Waals surface area contributed by atoms with Gasteiger partial charge in [0.05, 0.1) is 48.6 Å². The van der Waals surface area contributed by atoms with Gasteiger partial charge >= 0.3 is 29.8 Å². The summed E-state index contributed by atoms with van der Waals surface area (Å²) in [5.74, 6) is -9.80. The average molecular weight is 1120 g/mol. The van der Waals surface area contributed by atoms with Gasteiger partial charge in [0.1, 0.15) is 48.3 Å². The Kier molecular flexibility index (Phi) is 17.2. The Morgan fingerprint density at radius 2 is 1.40 bits per heavy atom. The van der Waals surface area contributed by atoms with E-state index in [-0.39, 0.29) is 22.3 Å². The van der Waals surface area contributed by atoms with Crippen molar-refractivity contribution < 1.29 is 102 Å². The van der Waals surface area contributed by atoms with Gasteiger partial charge in [0.15, 0.2) is 29.9 Å². The molecule has 5 aliphatic rings. The van der Waals surface area contributed by atoms with Crippen molar-refractivity contribution in [2.75, 3.05) is 13.2 Å². The van der Waals surface area contributed by atoms with Crippen LogP contribution in [0.3, 0.4) is 0 Å². The fraction of sp³-hybridized carbons (Fsp3) is 0.509. The number of nitrogens with one attached hydrogen (secondary N) is 2. The molecule has 3 aromatic carbocycles. The van der Waals surface area contributed by atoms with Crippen LogP contribution in [0.1, 0.15) is 99.5 Å². The zero-order chi connectivity index (χ0) is 58.2. The van der Waals surface area contributed by atoms with Gasteiger partial charge in [0.2, 0.25) is 5.91 Å². The number of hydrogen-bond acceptors (Lipinski definition) is 21. The lowest BCUT2D eigenvalue weighted by Gasteiger charge is -2.67. The summed E-state index contributed by atoms with van der Waals surface area (Å²) in [6, 6.07) is 20.6. The molecule has 2 bridgehead atoms. The van der Waals surface area contributed by atoms with Gasteiger partial charge in [-0.3, -0.25) is 28.8 Å². The Bertz CT molecular complexity index is 2880. The normalized spacial score (nSPS) is 33.0. The van der Waals surface area contributed by atoms with Gasteiger partial charge in [0.25, 0.3) is 5.91 Å². The minimum atomic E-state index is -2.59. The molecule has 23 heteroatoms. The molecule has 430 valence electrons. The van der Waals surface area contributed by atoms with Crippen LogP contribution in [0.4, 0.5) is 0 Å². The number of rotatable bonds is 16. The Balaban J connectivity index is 1.23. The molecule has 8 rings (SSSR count). The summed E-state index contributed by atoms with van der Waals surface area (Å²) < 4.78 is 42.0. The summed E-state index contributed by atoms with van der Waals surface area (Å²) in [5, 5.41) is 72.0. The van der Waals surface area contributed by atoms with E-state index in [0.717, 1.165) is 13.8 Å². The molecule has 80 heavy (non-hydrogen) atoms. The number of carbonyl (C=O) groups is 8. The van der Waals surface area contributed by atoms with Crippen molar-refractivity contribution in [3.8, 4) is 0 Å². The van der Waals surface area contributed by atoms with Crippen molar-refractivity contribution in [3.05, 3.63) is 119 Å². The Labute approximate surface area is 459 Å². The van der Waals surface area contributed by atoms with Crippen molar-refractivity contribution in [3.63, 3.8) is 0 Å². The number of Topliss-reactive ketones (excluding diaryl/α,β-unsaturated/α-hetero) is 1. The second-order valence-corrected chi connectivity index (χ2v) is 21.6.